The molecule has 0 aromatic carbocycles. The van der Waals surface area contributed by atoms with Crippen molar-refractivity contribution in [3.05, 3.63) is 0 Å². The summed E-state index contributed by atoms with van der Waals surface area (Å²) in [5, 5.41) is 6.63. The Morgan fingerprint density at radius 2 is 1.94 bits per heavy atom. The van der Waals surface area contributed by atoms with Gasteiger partial charge in [0, 0.05) is 12.0 Å². The molecule has 1 amide bonds. The van der Waals surface area contributed by atoms with Gasteiger partial charge in [0.2, 0.25) is 5.91 Å². The highest BCUT2D eigenvalue weighted by molar-refractivity contribution is 5.78. The Morgan fingerprint density at radius 3 is 2.59 bits per heavy atom. The molecule has 17 heavy (non-hydrogen) atoms. The van der Waals surface area contributed by atoms with Gasteiger partial charge in [-0.05, 0) is 45.2 Å². The molecule has 0 aromatic heterocycles. The van der Waals surface area contributed by atoms with Gasteiger partial charge in [-0.1, -0.05) is 26.7 Å². The lowest BCUT2D eigenvalue weighted by atomic mass is 9.96. The summed E-state index contributed by atoms with van der Waals surface area (Å²) in [6, 6.07) is 0.397. The number of nitrogens with one attached hydrogen (secondary N) is 2. The van der Waals surface area contributed by atoms with E-state index in [1.165, 1.54) is 6.42 Å². The van der Waals surface area contributed by atoms with E-state index < -0.39 is 0 Å². The molecule has 1 unspecified atom stereocenters. The molecule has 3 nitrogen and oxygen atoms in total. The molecular weight excluding hydrogens is 212 g/mol. The molecule has 1 rings (SSSR count). The zero-order valence-electron chi connectivity index (χ0n) is 11.4. The predicted octanol–water partition coefficient (Wildman–Crippen LogP) is 2.46. The summed E-state index contributed by atoms with van der Waals surface area (Å²) in [4.78, 5) is 12.2. The molecule has 1 aliphatic rings. The van der Waals surface area contributed by atoms with Crippen LogP contribution in [0.25, 0.3) is 0 Å². The second-order valence-corrected chi connectivity index (χ2v) is 5.16. The van der Waals surface area contributed by atoms with E-state index in [2.05, 4.69) is 24.5 Å². The largest absolute Gasteiger partial charge is 0.353 e. The lowest BCUT2D eigenvalue weighted by molar-refractivity contribution is -0.126. The molecule has 1 fully saturated rings. The molecule has 100 valence electrons. The molecule has 0 saturated carbocycles. The summed E-state index contributed by atoms with van der Waals surface area (Å²) in [5.41, 5.74) is 0. The first-order chi connectivity index (χ1) is 8.27. The first-order valence-corrected chi connectivity index (χ1v) is 7.29. The topological polar surface area (TPSA) is 41.1 Å². The first-order valence-electron chi connectivity index (χ1n) is 7.29. The zero-order chi connectivity index (χ0) is 12.5. The van der Waals surface area contributed by atoms with Crippen LogP contribution in [0, 0.1) is 5.92 Å². The van der Waals surface area contributed by atoms with Gasteiger partial charge in [0.25, 0.3) is 0 Å². The minimum atomic E-state index is 0.237. The smallest absolute Gasteiger partial charge is 0.223 e. The lowest BCUT2D eigenvalue weighted by Crippen LogP contribution is -2.39. The van der Waals surface area contributed by atoms with Crippen LogP contribution in [-0.4, -0.2) is 25.0 Å². The lowest BCUT2D eigenvalue weighted by Gasteiger charge is -2.21. The second kappa shape index (κ2) is 8.51. The van der Waals surface area contributed by atoms with Crippen molar-refractivity contribution in [1.82, 2.24) is 10.6 Å². The predicted molar refractivity (Wildman–Crippen MR) is 72.0 cm³/mol. The van der Waals surface area contributed by atoms with E-state index in [9.17, 15) is 4.79 Å². The van der Waals surface area contributed by atoms with Crippen LogP contribution in [0.1, 0.15) is 58.8 Å². The van der Waals surface area contributed by atoms with E-state index in [-0.39, 0.29) is 5.92 Å². The molecule has 1 heterocycles. The Morgan fingerprint density at radius 1 is 1.24 bits per heavy atom. The summed E-state index contributed by atoms with van der Waals surface area (Å²) in [6.07, 6.45) is 7.65. The summed E-state index contributed by atoms with van der Waals surface area (Å²) in [7, 11) is 0. The third-order valence-electron chi connectivity index (χ3n) is 3.57. The SMILES string of the molecule is CCCC(CCC)C(=O)NC1CCCNCC1. The Kier molecular flexibility index (Phi) is 7.25. The van der Waals surface area contributed by atoms with Gasteiger partial charge in [-0.3, -0.25) is 4.79 Å². The Hall–Kier alpha value is -0.570. The highest BCUT2D eigenvalue weighted by Crippen LogP contribution is 2.15. The van der Waals surface area contributed by atoms with Crippen molar-refractivity contribution >= 4 is 5.91 Å². The van der Waals surface area contributed by atoms with Crippen LogP contribution >= 0.6 is 0 Å². The van der Waals surface area contributed by atoms with Crippen LogP contribution in [0.2, 0.25) is 0 Å². The third-order valence-corrected chi connectivity index (χ3v) is 3.57. The molecular formula is C14H28N2O. The van der Waals surface area contributed by atoms with Crippen molar-refractivity contribution < 1.29 is 4.79 Å². The van der Waals surface area contributed by atoms with Gasteiger partial charge >= 0.3 is 0 Å². The van der Waals surface area contributed by atoms with E-state index in [4.69, 9.17) is 0 Å². The summed E-state index contributed by atoms with van der Waals surface area (Å²) < 4.78 is 0. The molecule has 0 aromatic rings. The average Bonchev–Trinajstić information content (AvgIpc) is 2.57. The van der Waals surface area contributed by atoms with Crippen molar-refractivity contribution in [1.29, 1.82) is 0 Å². The summed E-state index contributed by atoms with van der Waals surface area (Å²) in [6.45, 7) is 6.45. The number of carbonyl (C=O) groups is 1. The monoisotopic (exact) mass is 240 g/mol. The molecule has 1 aliphatic heterocycles. The highest BCUT2D eigenvalue weighted by Gasteiger charge is 2.20. The molecule has 0 bridgehead atoms. The average molecular weight is 240 g/mol. The summed E-state index contributed by atoms with van der Waals surface area (Å²) >= 11 is 0. The van der Waals surface area contributed by atoms with E-state index in [1.807, 2.05) is 0 Å². The van der Waals surface area contributed by atoms with Gasteiger partial charge in [0.15, 0.2) is 0 Å². The minimum absolute atomic E-state index is 0.237. The number of carbonyl (C=O) groups excluding carboxylic acids is 1. The van der Waals surface area contributed by atoms with Crippen LogP contribution in [-0.2, 0) is 4.79 Å². The molecule has 2 N–H and O–H groups in total. The third kappa shape index (κ3) is 5.53. The Balaban J connectivity index is 2.38. The number of hydrogen-bond acceptors (Lipinski definition) is 2. The number of hydrogen-bond donors (Lipinski definition) is 2. The van der Waals surface area contributed by atoms with Gasteiger partial charge in [-0.25, -0.2) is 0 Å². The van der Waals surface area contributed by atoms with Gasteiger partial charge in [-0.15, -0.1) is 0 Å². The molecule has 0 radical (unpaired) electrons. The molecule has 0 spiro atoms. The fourth-order valence-corrected chi connectivity index (χ4v) is 2.59. The quantitative estimate of drug-likeness (QED) is 0.749. The van der Waals surface area contributed by atoms with Crippen molar-refractivity contribution in [2.24, 2.45) is 5.92 Å². The Labute approximate surface area is 106 Å². The zero-order valence-corrected chi connectivity index (χ0v) is 11.4. The van der Waals surface area contributed by atoms with Crippen LogP contribution in [0.15, 0.2) is 0 Å². The first kappa shape index (κ1) is 14.5. The minimum Gasteiger partial charge on any atom is -0.353 e. The van der Waals surface area contributed by atoms with Crippen LogP contribution in [0.5, 0.6) is 0 Å². The van der Waals surface area contributed by atoms with E-state index in [0.29, 0.717) is 11.9 Å². The fourth-order valence-electron chi connectivity index (χ4n) is 2.59. The van der Waals surface area contributed by atoms with E-state index >= 15 is 0 Å². The number of rotatable bonds is 6. The van der Waals surface area contributed by atoms with Crippen LogP contribution < -0.4 is 10.6 Å². The van der Waals surface area contributed by atoms with E-state index in [1.54, 1.807) is 0 Å². The standard InChI is InChI=1S/C14H28N2O/c1-3-6-12(7-4-2)14(17)16-13-8-5-10-15-11-9-13/h12-13,15H,3-11H2,1-2H3,(H,16,17). The van der Waals surface area contributed by atoms with Crippen molar-refractivity contribution in [2.45, 2.75) is 64.8 Å². The molecule has 1 atom stereocenters. The maximum atomic E-state index is 12.2. The van der Waals surface area contributed by atoms with Gasteiger partial charge in [0.1, 0.15) is 0 Å². The van der Waals surface area contributed by atoms with Crippen molar-refractivity contribution in [3.63, 3.8) is 0 Å². The van der Waals surface area contributed by atoms with Gasteiger partial charge in [0.05, 0.1) is 0 Å². The maximum absolute atomic E-state index is 12.2. The number of amides is 1. The molecule has 1 saturated heterocycles. The van der Waals surface area contributed by atoms with Crippen molar-refractivity contribution in [3.8, 4) is 0 Å². The maximum Gasteiger partial charge on any atom is 0.223 e. The Bertz CT molecular complexity index is 204. The molecule has 3 heteroatoms. The fraction of sp³-hybridized carbons (Fsp3) is 0.929. The van der Waals surface area contributed by atoms with Crippen LogP contribution in [0.3, 0.4) is 0 Å². The normalized spacial score (nSPS) is 21.2. The second-order valence-electron chi connectivity index (χ2n) is 5.16. The van der Waals surface area contributed by atoms with Gasteiger partial charge < -0.3 is 10.6 Å². The van der Waals surface area contributed by atoms with Crippen molar-refractivity contribution in [2.75, 3.05) is 13.1 Å². The molecule has 0 aliphatic carbocycles. The van der Waals surface area contributed by atoms with Crippen LogP contribution in [0.4, 0.5) is 0 Å². The van der Waals surface area contributed by atoms with Gasteiger partial charge in [-0.2, -0.15) is 0 Å². The highest BCUT2D eigenvalue weighted by atomic mass is 16.1. The van der Waals surface area contributed by atoms with E-state index in [0.717, 1.165) is 51.6 Å². The summed E-state index contributed by atoms with van der Waals surface area (Å²) in [5.74, 6) is 0.529.